The number of nitrogens with one attached hydrogen (secondary N) is 1. The molecular weight excluding hydrogens is 435 g/mol. The van der Waals surface area contributed by atoms with Crippen LogP contribution >= 0.6 is 22.6 Å². The monoisotopic (exact) mass is 462 g/mol. The lowest BCUT2D eigenvalue weighted by atomic mass is 9.96. The maximum Gasteiger partial charge on any atom is 0.241 e. The summed E-state index contributed by atoms with van der Waals surface area (Å²) < 4.78 is 0.453. The van der Waals surface area contributed by atoms with Gasteiger partial charge in [-0.25, -0.2) is 0 Å². The van der Waals surface area contributed by atoms with Crippen LogP contribution in [0.1, 0.15) is 44.9 Å². The predicted octanol–water partition coefficient (Wildman–Crippen LogP) is 6.31. The van der Waals surface area contributed by atoms with E-state index < -0.39 is 0 Å². The van der Waals surface area contributed by atoms with Crippen LogP contribution in [0.15, 0.2) is 54.6 Å². The summed E-state index contributed by atoms with van der Waals surface area (Å²) in [6, 6.07) is 18.7. The third-order valence-corrected chi connectivity index (χ3v) is 5.63. The number of carbonyl (C=O) groups is 1. The molecule has 0 unspecified atom stereocenters. The van der Waals surface area contributed by atoms with E-state index in [0.29, 0.717) is 10.5 Å². The number of hydrogen-bond acceptors (Lipinski definition) is 2. The van der Waals surface area contributed by atoms with Crippen molar-refractivity contribution < 1.29 is 4.79 Å². The molecule has 4 heteroatoms. The Hall–Kier alpha value is -1.56. The zero-order valence-electron chi connectivity index (χ0n) is 15.2. The fraction of sp³-hybridized carbons (Fsp3) is 0.409. The minimum absolute atomic E-state index is 0.0949. The molecule has 1 aliphatic rings. The largest absolute Gasteiger partial charge is 0.382 e. The summed E-state index contributed by atoms with van der Waals surface area (Å²) >= 11 is 2.13. The van der Waals surface area contributed by atoms with Crippen LogP contribution in [-0.2, 0) is 4.79 Å². The van der Waals surface area contributed by atoms with Gasteiger partial charge < -0.3 is 5.32 Å². The predicted molar refractivity (Wildman–Crippen MR) is 119 cm³/mol. The second kappa shape index (κ2) is 9.95. The lowest BCUT2D eigenvalue weighted by molar-refractivity contribution is -0.115. The van der Waals surface area contributed by atoms with Crippen LogP contribution in [0.4, 0.5) is 17.1 Å². The number of carbonyl (C=O) groups excluding carboxylic acids is 1. The SMILES string of the molecule is O=C(CI)N(c1ccccc1)c1ccc(NC2CCCCCCC2)cc1. The number of nitrogens with zero attached hydrogens (tertiary/aromatic N) is 1. The fourth-order valence-corrected chi connectivity index (χ4v) is 3.96. The van der Waals surface area contributed by atoms with Crippen molar-refractivity contribution in [1.29, 1.82) is 0 Å². The highest BCUT2D eigenvalue weighted by atomic mass is 127. The molecule has 2 aromatic carbocycles. The van der Waals surface area contributed by atoms with Gasteiger partial charge in [0.2, 0.25) is 5.91 Å². The number of alkyl halides is 1. The summed E-state index contributed by atoms with van der Waals surface area (Å²) in [5.41, 5.74) is 2.98. The molecule has 26 heavy (non-hydrogen) atoms. The van der Waals surface area contributed by atoms with Gasteiger partial charge in [-0.05, 0) is 49.2 Å². The molecule has 0 radical (unpaired) electrons. The van der Waals surface area contributed by atoms with Gasteiger partial charge in [-0.3, -0.25) is 9.69 Å². The highest BCUT2D eigenvalue weighted by Gasteiger charge is 2.17. The Labute approximate surface area is 170 Å². The average molecular weight is 462 g/mol. The van der Waals surface area contributed by atoms with E-state index in [1.165, 1.54) is 44.9 Å². The lowest BCUT2D eigenvalue weighted by Crippen LogP contribution is -2.26. The molecule has 138 valence electrons. The molecular formula is C22H27IN2O. The van der Waals surface area contributed by atoms with Crippen molar-refractivity contribution in [2.45, 2.75) is 51.0 Å². The normalized spacial score (nSPS) is 15.7. The van der Waals surface area contributed by atoms with E-state index in [9.17, 15) is 4.79 Å². The first-order valence-corrected chi connectivity index (χ1v) is 11.1. The zero-order chi connectivity index (χ0) is 18.2. The van der Waals surface area contributed by atoms with E-state index in [2.05, 4.69) is 40.0 Å². The van der Waals surface area contributed by atoms with Crippen molar-refractivity contribution in [1.82, 2.24) is 0 Å². The van der Waals surface area contributed by atoms with Gasteiger partial charge in [0.05, 0.1) is 4.43 Å². The van der Waals surface area contributed by atoms with Crippen molar-refractivity contribution in [2.75, 3.05) is 14.6 Å². The Bertz CT molecular complexity index is 679. The smallest absolute Gasteiger partial charge is 0.241 e. The highest BCUT2D eigenvalue weighted by Crippen LogP contribution is 2.28. The van der Waals surface area contributed by atoms with Crippen molar-refractivity contribution in [2.24, 2.45) is 0 Å². The molecule has 0 spiro atoms. The first kappa shape index (κ1) is 19.2. The van der Waals surface area contributed by atoms with Gasteiger partial charge in [0.1, 0.15) is 0 Å². The van der Waals surface area contributed by atoms with Crippen molar-refractivity contribution in [3.05, 3.63) is 54.6 Å². The molecule has 1 aliphatic carbocycles. The molecule has 0 atom stereocenters. The Morgan fingerprint density at radius 3 is 2.08 bits per heavy atom. The fourth-order valence-electron chi connectivity index (χ4n) is 3.62. The Morgan fingerprint density at radius 1 is 0.885 bits per heavy atom. The molecule has 1 saturated carbocycles. The third-order valence-electron chi connectivity index (χ3n) is 4.98. The van der Waals surface area contributed by atoms with Gasteiger partial charge in [0.15, 0.2) is 0 Å². The van der Waals surface area contributed by atoms with E-state index in [1.54, 1.807) is 4.90 Å². The molecule has 0 aromatic heterocycles. The van der Waals surface area contributed by atoms with Crippen molar-refractivity contribution in [3.8, 4) is 0 Å². The third kappa shape index (κ3) is 5.22. The number of anilines is 3. The topological polar surface area (TPSA) is 32.3 Å². The number of hydrogen-bond donors (Lipinski definition) is 1. The second-order valence-corrected chi connectivity index (χ2v) is 7.69. The Balaban J connectivity index is 1.73. The Kier molecular flexibility index (Phi) is 7.35. The van der Waals surface area contributed by atoms with Gasteiger partial charge in [0, 0.05) is 23.1 Å². The van der Waals surface area contributed by atoms with Crippen LogP contribution in [0.25, 0.3) is 0 Å². The van der Waals surface area contributed by atoms with Gasteiger partial charge in [-0.15, -0.1) is 0 Å². The summed E-state index contributed by atoms with van der Waals surface area (Å²) in [6.45, 7) is 0. The van der Waals surface area contributed by atoms with Crippen LogP contribution in [0.2, 0.25) is 0 Å². The van der Waals surface area contributed by atoms with E-state index in [4.69, 9.17) is 0 Å². The quantitative estimate of drug-likeness (QED) is 0.417. The number of para-hydroxylation sites is 1. The average Bonchev–Trinajstić information content (AvgIpc) is 2.66. The van der Waals surface area contributed by atoms with Gasteiger partial charge in [0.25, 0.3) is 0 Å². The van der Waals surface area contributed by atoms with Gasteiger partial charge in [-0.1, -0.05) is 72.9 Å². The van der Waals surface area contributed by atoms with Gasteiger partial charge >= 0.3 is 0 Å². The van der Waals surface area contributed by atoms with Crippen molar-refractivity contribution >= 4 is 45.6 Å². The molecule has 3 nitrogen and oxygen atoms in total. The zero-order valence-corrected chi connectivity index (χ0v) is 17.3. The summed E-state index contributed by atoms with van der Waals surface area (Å²) in [4.78, 5) is 14.3. The van der Waals surface area contributed by atoms with Crippen molar-refractivity contribution in [3.63, 3.8) is 0 Å². The van der Waals surface area contributed by atoms with Crippen LogP contribution in [0.5, 0.6) is 0 Å². The van der Waals surface area contributed by atoms with E-state index in [1.807, 2.05) is 42.5 Å². The Morgan fingerprint density at radius 2 is 1.46 bits per heavy atom. The molecule has 3 rings (SSSR count). The molecule has 2 aromatic rings. The number of halogens is 1. The van der Waals surface area contributed by atoms with Crippen LogP contribution in [-0.4, -0.2) is 16.4 Å². The molecule has 1 N–H and O–H groups in total. The maximum absolute atomic E-state index is 12.5. The minimum atomic E-state index is 0.0949. The van der Waals surface area contributed by atoms with E-state index in [-0.39, 0.29) is 5.91 Å². The molecule has 0 saturated heterocycles. The minimum Gasteiger partial charge on any atom is -0.382 e. The highest BCUT2D eigenvalue weighted by molar-refractivity contribution is 14.1. The van der Waals surface area contributed by atoms with Gasteiger partial charge in [-0.2, -0.15) is 0 Å². The number of amides is 1. The standard InChI is InChI=1S/C22H27IN2O/c23-17-22(26)25(20-11-7-4-8-12-20)21-15-13-19(14-16-21)24-18-9-5-2-1-3-6-10-18/h4,7-8,11-16,18,24H,1-3,5-6,9-10,17H2. The number of rotatable bonds is 5. The molecule has 1 fully saturated rings. The lowest BCUT2D eigenvalue weighted by Gasteiger charge is -2.24. The molecule has 0 aliphatic heterocycles. The second-order valence-electron chi connectivity index (χ2n) is 6.93. The van der Waals surface area contributed by atoms with E-state index in [0.717, 1.165) is 17.1 Å². The molecule has 0 heterocycles. The number of benzene rings is 2. The van der Waals surface area contributed by atoms with Crippen LogP contribution in [0.3, 0.4) is 0 Å². The molecule has 0 bridgehead atoms. The summed E-state index contributed by atoms with van der Waals surface area (Å²) in [5, 5.41) is 3.69. The summed E-state index contributed by atoms with van der Waals surface area (Å²) in [6.07, 6.45) is 9.27. The maximum atomic E-state index is 12.5. The molecule has 1 amide bonds. The summed E-state index contributed by atoms with van der Waals surface area (Å²) in [7, 11) is 0. The first-order chi connectivity index (χ1) is 12.8. The van der Waals surface area contributed by atoms with E-state index >= 15 is 0 Å². The summed E-state index contributed by atoms with van der Waals surface area (Å²) in [5.74, 6) is 0.0949. The van der Waals surface area contributed by atoms with Crippen LogP contribution < -0.4 is 10.2 Å². The van der Waals surface area contributed by atoms with Crippen LogP contribution in [0, 0.1) is 0 Å². The first-order valence-electron chi connectivity index (χ1n) is 9.58.